The number of anilines is 1. The summed E-state index contributed by atoms with van der Waals surface area (Å²) in [5, 5.41) is 2.07. The molecular formula is C23H17BrClN5O. The molecule has 8 heteroatoms. The van der Waals surface area contributed by atoms with Gasteiger partial charge < -0.3 is 0 Å². The van der Waals surface area contributed by atoms with Gasteiger partial charge in [0, 0.05) is 39.8 Å². The molecule has 0 aliphatic heterocycles. The molecule has 0 aliphatic carbocycles. The molecule has 0 saturated heterocycles. The average molecular weight is 495 g/mol. The van der Waals surface area contributed by atoms with Gasteiger partial charge in [-0.3, -0.25) is 25.2 Å². The number of benzene rings is 1. The third-order valence-electron chi connectivity index (χ3n) is 4.57. The van der Waals surface area contributed by atoms with Gasteiger partial charge in [-0.25, -0.2) is 4.98 Å². The monoisotopic (exact) mass is 493 g/mol. The van der Waals surface area contributed by atoms with E-state index < -0.39 is 0 Å². The van der Waals surface area contributed by atoms with Crippen molar-refractivity contribution in [2.24, 2.45) is 0 Å². The molecule has 0 spiro atoms. The third-order valence-corrected chi connectivity index (χ3v) is 5.29. The van der Waals surface area contributed by atoms with Gasteiger partial charge in [0.2, 0.25) is 6.41 Å². The Morgan fingerprint density at radius 1 is 0.935 bits per heavy atom. The van der Waals surface area contributed by atoms with Gasteiger partial charge in [-0.2, -0.15) is 0 Å². The van der Waals surface area contributed by atoms with Crippen molar-refractivity contribution in [1.29, 1.82) is 0 Å². The molecule has 1 N–H and O–H groups in total. The Morgan fingerprint density at radius 2 is 1.71 bits per heavy atom. The Bertz CT molecular complexity index is 1170. The molecule has 6 nitrogen and oxygen atoms in total. The quantitative estimate of drug-likeness (QED) is 0.267. The van der Waals surface area contributed by atoms with Crippen molar-refractivity contribution in [1.82, 2.24) is 20.0 Å². The molecule has 4 aromatic rings. The zero-order chi connectivity index (χ0) is 21.6. The second kappa shape index (κ2) is 9.68. The number of amides is 1. The summed E-state index contributed by atoms with van der Waals surface area (Å²) >= 11 is 9.44. The largest absolute Gasteiger partial charge is 0.279 e. The highest BCUT2D eigenvalue weighted by atomic mass is 79.9. The van der Waals surface area contributed by atoms with Crippen molar-refractivity contribution in [3.63, 3.8) is 0 Å². The van der Waals surface area contributed by atoms with E-state index in [0.717, 1.165) is 38.8 Å². The van der Waals surface area contributed by atoms with E-state index in [1.54, 1.807) is 24.8 Å². The zero-order valence-electron chi connectivity index (χ0n) is 16.2. The van der Waals surface area contributed by atoms with Gasteiger partial charge in [0.05, 0.1) is 12.2 Å². The normalized spacial score (nSPS) is 10.5. The Kier molecular flexibility index (Phi) is 6.54. The van der Waals surface area contributed by atoms with Crippen LogP contribution in [-0.2, 0) is 11.3 Å². The SMILES string of the molecule is O=CN(Cc1ccc(Br)cn1)Nc1nccc(-c2ccc(Cl)cc2)c1-c1ccncc1. The molecule has 0 aliphatic rings. The maximum atomic E-state index is 11.8. The van der Waals surface area contributed by atoms with Gasteiger partial charge in [0.25, 0.3) is 0 Å². The van der Waals surface area contributed by atoms with Crippen LogP contribution in [0.2, 0.25) is 5.02 Å². The molecule has 0 bridgehead atoms. The van der Waals surface area contributed by atoms with Gasteiger partial charge in [-0.1, -0.05) is 23.7 Å². The number of pyridine rings is 3. The summed E-state index contributed by atoms with van der Waals surface area (Å²) in [5.74, 6) is 0.544. The summed E-state index contributed by atoms with van der Waals surface area (Å²) in [4.78, 5) is 24.8. The number of halogens is 2. The smallest absolute Gasteiger partial charge is 0.228 e. The molecule has 0 unspecified atom stereocenters. The second-order valence-corrected chi connectivity index (χ2v) is 7.99. The molecule has 0 saturated carbocycles. The number of hydrazine groups is 1. The van der Waals surface area contributed by atoms with Crippen molar-refractivity contribution >= 4 is 39.8 Å². The van der Waals surface area contributed by atoms with Crippen molar-refractivity contribution in [3.8, 4) is 22.3 Å². The predicted molar refractivity (Wildman–Crippen MR) is 125 cm³/mol. The lowest BCUT2D eigenvalue weighted by Gasteiger charge is -2.22. The van der Waals surface area contributed by atoms with Crippen LogP contribution in [0.15, 0.2) is 83.9 Å². The maximum Gasteiger partial charge on any atom is 0.228 e. The standard InChI is InChI=1S/C23H17BrClN5O/c24-18-3-6-20(28-13-18)14-30(15-31)29-23-22(17-7-10-26-11-8-17)21(9-12-27-23)16-1-4-19(25)5-2-16/h1-13,15H,14H2,(H,27,29). The molecule has 1 amide bonds. The summed E-state index contributed by atoms with van der Waals surface area (Å²) in [6, 6.07) is 17.1. The maximum absolute atomic E-state index is 11.8. The minimum absolute atomic E-state index is 0.277. The predicted octanol–water partition coefficient (Wildman–Crippen LogP) is 5.61. The van der Waals surface area contributed by atoms with Crippen molar-refractivity contribution in [2.75, 3.05) is 5.43 Å². The molecule has 0 radical (unpaired) electrons. The van der Waals surface area contributed by atoms with Crippen LogP contribution >= 0.6 is 27.5 Å². The molecular weight excluding hydrogens is 478 g/mol. The number of nitrogens with zero attached hydrogens (tertiary/aromatic N) is 4. The number of aromatic nitrogens is 3. The second-order valence-electron chi connectivity index (χ2n) is 6.64. The molecule has 31 heavy (non-hydrogen) atoms. The van der Waals surface area contributed by atoms with Crippen LogP contribution in [0.4, 0.5) is 5.82 Å². The average Bonchev–Trinajstić information content (AvgIpc) is 2.81. The first-order valence-corrected chi connectivity index (χ1v) is 10.6. The number of rotatable bonds is 7. The number of hydrogen-bond acceptors (Lipinski definition) is 5. The fourth-order valence-electron chi connectivity index (χ4n) is 3.14. The first kappa shape index (κ1) is 21.0. The number of nitrogens with one attached hydrogen (secondary N) is 1. The molecule has 4 rings (SSSR count). The molecule has 3 heterocycles. The van der Waals surface area contributed by atoms with E-state index in [1.807, 2.05) is 54.6 Å². The number of carbonyl (C=O) groups excluding carboxylic acids is 1. The molecule has 3 aromatic heterocycles. The zero-order valence-corrected chi connectivity index (χ0v) is 18.6. The van der Waals surface area contributed by atoms with E-state index in [4.69, 9.17) is 11.6 Å². The van der Waals surface area contributed by atoms with Crippen LogP contribution in [0, 0.1) is 0 Å². The third kappa shape index (κ3) is 5.07. The van der Waals surface area contributed by atoms with Gasteiger partial charge in [0.1, 0.15) is 0 Å². The van der Waals surface area contributed by atoms with E-state index in [2.05, 4.69) is 36.3 Å². The van der Waals surface area contributed by atoms with Gasteiger partial charge in [-0.05, 0) is 75.1 Å². The van der Waals surface area contributed by atoms with Gasteiger partial charge in [0.15, 0.2) is 5.82 Å². The summed E-state index contributed by atoms with van der Waals surface area (Å²) in [5.41, 5.74) is 7.58. The van der Waals surface area contributed by atoms with Gasteiger partial charge in [-0.15, -0.1) is 0 Å². The first-order valence-electron chi connectivity index (χ1n) is 9.38. The fraction of sp³-hybridized carbons (Fsp3) is 0.0435. The molecule has 154 valence electrons. The van der Waals surface area contributed by atoms with E-state index in [9.17, 15) is 4.79 Å². The highest BCUT2D eigenvalue weighted by molar-refractivity contribution is 9.10. The summed E-state index contributed by atoms with van der Waals surface area (Å²) in [6.07, 6.45) is 7.57. The number of carbonyl (C=O) groups is 1. The van der Waals surface area contributed by atoms with Gasteiger partial charge >= 0.3 is 0 Å². The van der Waals surface area contributed by atoms with Crippen LogP contribution in [0.5, 0.6) is 0 Å². The van der Waals surface area contributed by atoms with Crippen LogP contribution in [0.3, 0.4) is 0 Å². The Morgan fingerprint density at radius 3 is 2.39 bits per heavy atom. The molecule has 1 aromatic carbocycles. The van der Waals surface area contributed by atoms with Crippen LogP contribution in [0.25, 0.3) is 22.3 Å². The summed E-state index contributed by atoms with van der Waals surface area (Å²) in [6.45, 7) is 0.277. The Balaban J connectivity index is 1.74. The lowest BCUT2D eigenvalue weighted by atomic mass is 9.96. The fourth-order valence-corrected chi connectivity index (χ4v) is 3.50. The highest BCUT2D eigenvalue weighted by Gasteiger charge is 2.16. The van der Waals surface area contributed by atoms with Crippen LogP contribution in [0.1, 0.15) is 5.69 Å². The lowest BCUT2D eigenvalue weighted by molar-refractivity contribution is -0.117. The summed E-state index contributed by atoms with van der Waals surface area (Å²) in [7, 11) is 0. The molecule has 0 atom stereocenters. The minimum Gasteiger partial charge on any atom is -0.279 e. The van der Waals surface area contributed by atoms with Crippen LogP contribution in [-0.4, -0.2) is 26.4 Å². The first-order chi connectivity index (χ1) is 15.1. The lowest BCUT2D eigenvalue weighted by Crippen LogP contribution is -2.29. The Labute approximate surface area is 193 Å². The minimum atomic E-state index is 0.277. The highest BCUT2D eigenvalue weighted by Crippen LogP contribution is 2.37. The summed E-state index contributed by atoms with van der Waals surface area (Å²) < 4.78 is 0.874. The van der Waals surface area contributed by atoms with E-state index in [1.165, 1.54) is 5.01 Å². The van der Waals surface area contributed by atoms with Crippen LogP contribution < -0.4 is 5.43 Å². The van der Waals surface area contributed by atoms with Crippen molar-refractivity contribution in [2.45, 2.75) is 6.54 Å². The van der Waals surface area contributed by atoms with E-state index >= 15 is 0 Å². The van der Waals surface area contributed by atoms with Crippen molar-refractivity contribution in [3.05, 3.63) is 94.6 Å². The van der Waals surface area contributed by atoms with Crippen molar-refractivity contribution < 1.29 is 4.79 Å². The van der Waals surface area contributed by atoms with E-state index in [-0.39, 0.29) is 6.54 Å². The molecule has 0 fully saturated rings. The van der Waals surface area contributed by atoms with E-state index in [0.29, 0.717) is 10.8 Å². The Hall–Kier alpha value is -3.29. The topological polar surface area (TPSA) is 71.0 Å². The number of hydrogen-bond donors (Lipinski definition) is 1.